The quantitative estimate of drug-likeness (QED) is 0.496. The Kier molecular flexibility index (Phi) is 3.55. The second-order valence-electron chi connectivity index (χ2n) is 5.61. The zero-order valence-electron chi connectivity index (χ0n) is 12.8. The fourth-order valence-electron chi connectivity index (χ4n) is 2.85. The van der Waals surface area contributed by atoms with Gasteiger partial charge in [0.1, 0.15) is 12.4 Å². The smallest absolute Gasteiger partial charge is 0.274 e. The molecule has 0 saturated heterocycles. The van der Waals surface area contributed by atoms with Crippen molar-refractivity contribution in [2.45, 2.75) is 6.54 Å². The molecule has 0 atom stereocenters. The highest BCUT2D eigenvalue weighted by molar-refractivity contribution is 5.93. The van der Waals surface area contributed by atoms with E-state index >= 15 is 0 Å². The minimum Gasteiger partial charge on any atom is -0.491 e. The number of nitrogens with one attached hydrogen (secondary N) is 2. The third kappa shape index (κ3) is 2.55. The van der Waals surface area contributed by atoms with Gasteiger partial charge in [-0.15, -0.1) is 0 Å². The van der Waals surface area contributed by atoms with Gasteiger partial charge in [-0.25, -0.2) is 10.5 Å². The number of hydroxylamine groups is 1. The number of hydrogen-bond acceptors (Lipinski definition) is 5. The van der Waals surface area contributed by atoms with Crippen LogP contribution in [0.4, 0.5) is 5.95 Å². The van der Waals surface area contributed by atoms with E-state index in [0.717, 1.165) is 22.5 Å². The van der Waals surface area contributed by atoms with Gasteiger partial charge in [0, 0.05) is 17.7 Å². The predicted molar refractivity (Wildman–Crippen MR) is 88.3 cm³/mol. The van der Waals surface area contributed by atoms with Crippen LogP contribution >= 0.6 is 0 Å². The van der Waals surface area contributed by atoms with Gasteiger partial charge in [-0.2, -0.15) is 0 Å². The van der Waals surface area contributed by atoms with E-state index in [2.05, 4.69) is 14.9 Å². The Bertz CT molecular complexity index is 873. The van der Waals surface area contributed by atoms with E-state index in [0.29, 0.717) is 31.0 Å². The average Bonchev–Trinajstić information content (AvgIpc) is 2.93. The Hall–Kier alpha value is -3.06. The summed E-state index contributed by atoms with van der Waals surface area (Å²) in [6, 6.07) is 13.0. The summed E-state index contributed by atoms with van der Waals surface area (Å²) in [6.07, 6.45) is 0. The molecule has 2 heterocycles. The van der Waals surface area contributed by atoms with Crippen LogP contribution in [0.1, 0.15) is 15.9 Å². The Morgan fingerprint density at radius 2 is 2.17 bits per heavy atom. The summed E-state index contributed by atoms with van der Waals surface area (Å²) in [6.45, 7) is 1.78. The fourth-order valence-corrected chi connectivity index (χ4v) is 2.85. The van der Waals surface area contributed by atoms with E-state index in [1.807, 2.05) is 30.3 Å². The van der Waals surface area contributed by atoms with Crippen LogP contribution in [0.5, 0.6) is 5.75 Å². The Labute approximate surface area is 137 Å². The lowest BCUT2D eigenvalue weighted by molar-refractivity contribution is 0.0706. The topological polar surface area (TPSA) is 90.5 Å². The van der Waals surface area contributed by atoms with E-state index in [1.165, 1.54) is 0 Å². The normalized spacial score (nSPS) is 14.0. The minimum absolute atomic E-state index is 0.355. The number of benzene rings is 2. The van der Waals surface area contributed by atoms with E-state index < -0.39 is 5.91 Å². The molecular formula is C17H16N4O3. The molecule has 3 aromatic rings. The third-order valence-corrected chi connectivity index (χ3v) is 4.09. The zero-order valence-corrected chi connectivity index (χ0v) is 12.8. The maximum absolute atomic E-state index is 11.5. The van der Waals surface area contributed by atoms with Crippen LogP contribution < -0.4 is 15.1 Å². The number of para-hydroxylation sites is 2. The van der Waals surface area contributed by atoms with Crippen molar-refractivity contribution in [1.29, 1.82) is 0 Å². The van der Waals surface area contributed by atoms with E-state index in [1.54, 1.807) is 17.6 Å². The van der Waals surface area contributed by atoms with E-state index in [4.69, 9.17) is 9.94 Å². The van der Waals surface area contributed by atoms with Gasteiger partial charge in [-0.3, -0.25) is 10.0 Å². The molecule has 0 unspecified atom stereocenters. The van der Waals surface area contributed by atoms with Crippen molar-refractivity contribution in [3.63, 3.8) is 0 Å². The van der Waals surface area contributed by atoms with Crippen LogP contribution in [0.25, 0.3) is 11.0 Å². The number of anilines is 1. The summed E-state index contributed by atoms with van der Waals surface area (Å²) >= 11 is 0. The van der Waals surface area contributed by atoms with Gasteiger partial charge in [-0.05, 0) is 24.3 Å². The molecule has 1 amide bonds. The average molecular weight is 324 g/mol. The molecule has 2 aromatic carbocycles. The maximum Gasteiger partial charge on any atom is 0.274 e. The number of aromatic amines is 1. The molecule has 1 aliphatic rings. The summed E-state index contributed by atoms with van der Waals surface area (Å²) in [5.74, 6) is 0.888. The van der Waals surface area contributed by atoms with E-state index in [9.17, 15) is 4.79 Å². The molecule has 7 nitrogen and oxygen atoms in total. The molecule has 122 valence electrons. The van der Waals surface area contributed by atoms with Crippen molar-refractivity contribution >= 4 is 22.9 Å². The Morgan fingerprint density at radius 1 is 1.29 bits per heavy atom. The first-order valence-electron chi connectivity index (χ1n) is 7.64. The SMILES string of the molecule is O=C(NO)c1ccc2c(c1)OCCN(c1nc3ccccc3[nH]1)C2. The summed E-state index contributed by atoms with van der Waals surface area (Å²) in [7, 11) is 0. The second kappa shape index (κ2) is 5.86. The number of H-pyrrole nitrogens is 1. The van der Waals surface area contributed by atoms with E-state index in [-0.39, 0.29) is 0 Å². The summed E-state index contributed by atoms with van der Waals surface area (Å²) < 4.78 is 5.76. The van der Waals surface area contributed by atoms with Crippen LogP contribution in [0, 0.1) is 0 Å². The number of imidazole rings is 1. The number of fused-ring (bicyclic) bond motifs is 2. The monoisotopic (exact) mass is 324 g/mol. The summed E-state index contributed by atoms with van der Waals surface area (Å²) in [5, 5.41) is 8.75. The van der Waals surface area contributed by atoms with Gasteiger partial charge < -0.3 is 14.6 Å². The first-order valence-corrected chi connectivity index (χ1v) is 7.64. The highest BCUT2D eigenvalue weighted by Gasteiger charge is 2.19. The van der Waals surface area contributed by atoms with Crippen LogP contribution in [0.3, 0.4) is 0 Å². The van der Waals surface area contributed by atoms with Crippen molar-refractivity contribution in [2.75, 3.05) is 18.1 Å². The summed E-state index contributed by atoms with van der Waals surface area (Å²) in [4.78, 5) is 21.6. The van der Waals surface area contributed by atoms with Crippen LogP contribution in [0.15, 0.2) is 42.5 Å². The second-order valence-corrected chi connectivity index (χ2v) is 5.61. The number of carbonyl (C=O) groups excluding carboxylic acids is 1. The molecular weight excluding hydrogens is 308 g/mol. The van der Waals surface area contributed by atoms with Gasteiger partial charge in [0.2, 0.25) is 5.95 Å². The first-order chi connectivity index (χ1) is 11.7. The van der Waals surface area contributed by atoms with Gasteiger partial charge >= 0.3 is 0 Å². The molecule has 24 heavy (non-hydrogen) atoms. The lowest BCUT2D eigenvalue weighted by atomic mass is 10.1. The number of carbonyl (C=O) groups is 1. The van der Waals surface area contributed by atoms with Gasteiger partial charge in [0.15, 0.2) is 0 Å². The lowest BCUT2D eigenvalue weighted by Crippen LogP contribution is -2.26. The highest BCUT2D eigenvalue weighted by atomic mass is 16.5. The van der Waals surface area contributed by atoms with Crippen LogP contribution in [0.2, 0.25) is 0 Å². The summed E-state index contributed by atoms with van der Waals surface area (Å²) in [5.41, 5.74) is 4.87. The number of ether oxygens (including phenoxy) is 1. The fraction of sp³-hybridized carbons (Fsp3) is 0.176. The van der Waals surface area contributed by atoms with Gasteiger partial charge in [0.05, 0.1) is 17.6 Å². The Balaban J connectivity index is 1.65. The molecule has 0 aliphatic carbocycles. The van der Waals surface area contributed by atoms with Crippen molar-refractivity contribution in [3.05, 3.63) is 53.6 Å². The molecule has 0 saturated carbocycles. The number of hydrogen-bond donors (Lipinski definition) is 3. The molecule has 0 fully saturated rings. The van der Waals surface area contributed by atoms with Crippen molar-refractivity contribution in [1.82, 2.24) is 15.4 Å². The number of amides is 1. The molecule has 1 aliphatic heterocycles. The minimum atomic E-state index is -0.556. The molecule has 1 aromatic heterocycles. The molecule has 0 radical (unpaired) electrons. The molecule has 4 rings (SSSR count). The molecule has 3 N–H and O–H groups in total. The molecule has 7 heteroatoms. The maximum atomic E-state index is 11.5. The zero-order chi connectivity index (χ0) is 16.5. The van der Waals surface area contributed by atoms with Crippen molar-refractivity contribution in [3.8, 4) is 5.75 Å². The lowest BCUT2D eigenvalue weighted by Gasteiger charge is -2.18. The van der Waals surface area contributed by atoms with Gasteiger partial charge in [-0.1, -0.05) is 18.2 Å². The Morgan fingerprint density at radius 3 is 3.00 bits per heavy atom. The molecule has 0 spiro atoms. The van der Waals surface area contributed by atoms with Crippen LogP contribution in [-0.4, -0.2) is 34.2 Å². The molecule has 0 bridgehead atoms. The third-order valence-electron chi connectivity index (χ3n) is 4.09. The van der Waals surface area contributed by atoms with Gasteiger partial charge in [0.25, 0.3) is 5.91 Å². The van der Waals surface area contributed by atoms with Crippen molar-refractivity contribution in [2.24, 2.45) is 0 Å². The van der Waals surface area contributed by atoms with Crippen molar-refractivity contribution < 1.29 is 14.7 Å². The highest BCUT2D eigenvalue weighted by Crippen LogP contribution is 2.27. The standard InChI is InChI=1S/C17H16N4O3/c22-16(20-23)11-5-6-12-10-21(7-8-24-15(12)9-11)17-18-13-3-1-2-4-14(13)19-17/h1-6,9,23H,7-8,10H2,(H,18,19)(H,20,22). The number of rotatable bonds is 2. The largest absolute Gasteiger partial charge is 0.491 e. The number of nitrogens with zero attached hydrogens (tertiary/aromatic N) is 2. The number of aromatic nitrogens is 2. The predicted octanol–water partition coefficient (Wildman–Crippen LogP) is 2.08. The van der Waals surface area contributed by atoms with Crippen LogP contribution in [-0.2, 0) is 6.54 Å². The first kappa shape index (κ1) is 14.5.